The van der Waals surface area contributed by atoms with Crippen molar-refractivity contribution in [2.75, 3.05) is 7.11 Å². The first-order valence-corrected chi connectivity index (χ1v) is 11.5. The third-order valence-electron chi connectivity index (χ3n) is 7.60. The summed E-state index contributed by atoms with van der Waals surface area (Å²) in [6, 6.07) is 6.49. The fourth-order valence-corrected chi connectivity index (χ4v) is 5.91. The molecule has 4 atom stereocenters. The molecule has 0 amide bonds. The number of ether oxygens (including phenoxy) is 1. The van der Waals surface area contributed by atoms with E-state index in [1.807, 2.05) is 0 Å². The van der Waals surface area contributed by atoms with E-state index in [0.717, 1.165) is 31.1 Å². The fraction of sp³-hybridized carbons (Fsp3) is 0.577. The normalized spacial score (nSPS) is 26.4. The second-order valence-electron chi connectivity index (χ2n) is 9.37. The van der Waals surface area contributed by atoms with Crippen LogP contribution in [0, 0.1) is 29.4 Å². The largest absolute Gasteiger partial charge is 0.465 e. The topological polar surface area (TPSA) is 26.3 Å². The Labute approximate surface area is 178 Å². The molecular weight excluding hydrogens is 382 g/mol. The zero-order valence-corrected chi connectivity index (χ0v) is 18.1. The highest BCUT2D eigenvalue weighted by atomic mass is 19.2. The number of halogens is 2. The first-order chi connectivity index (χ1) is 14.5. The van der Waals surface area contributed by atoms with Crippen LogP contribution < -0.4 is 0 Å². The molecule has 0 heterocycles. The molecule has 0 bridgehead atoms. The highest BCUT2D eigenvalue weighted by Crippen LogP contribution is 2.49. The van der Waals surface area contributed by atoms with Crippen molar-refractivity contribution >= 4 is 16.7 Å². The smallest absolute Gasteiger partial charge is 0.337 e. The molecule has 0 aromatic heterocycles. The second-order valence-corrected chi connectivity index (χ2v) is 9.37. The van der Waals surface area contributed by atoms with Crippen LogP contribution in [0.4, 0.5) is 8.78 Å². The van der Waals surface area contributed by atoms with Gasteiger partial charge < -0.3 is 4.74 Å². The quantitative estimate of drug-likeness (QED) is 0.477. The van der Waals surface area contributed by atoms with E-state index < -0.39 is 17.6 Å². The van der Waals surface area contributed by atoms with Crippen LogP contribution in [0.5, 0.6) is 0 Å². The van der Waals surface area contributed by atoms with E-state index in [9.17, 15) is 9.18 Å². The van der Waals surface area contributed by atoms with Crippen LogP contribution in [0.2, 0.25) is 0 Å². The van der Waals surface area contributed by atoms with Gasteiger partial charge in [-0.3, -0.25) is 0 Å². The molecule has 162 valence electrons. The van der Waals surface area contributed by atoms with Crippen LogP contribution in [0.25, 0.3) is 10.8 Å². The number of unbranched alkanes of at least 4 members (excludes halogenated alkanes) is 1. The lowest BCUT2D eigenvalue weighted by atomic mass is 9.63. The first-order valence-electron chi connectivity index (χ1n) is 11.5. The van der Waals surface area contributed by atoms with Gasteiger partial charge in [-0.2, -0.15) is 0 Å². The lowest BCUT2D eigenvalue weighted by Crippen LogP contribution is -2.30. The van der Waals surface area contributed by atoms with Gasteiger partial charge in [0.2, 0.25) is 0 Å². The lowest BCUT2D eigenvalue weighted by Gasteiger charge is -2.42. The Kier molecular flexibility index (Phi) is 6.40. The Morgan fingerprint density at radius 1 is 1.03 bits per heavy atom. The van der Waals surface area contributed by atoms with Gasteiger partial charge in [-0.15, -0.1) is 0 Å². The Hall–Kier alpha value is -1.97. The van der Waals surface area contributed by atoms with Crippen molar-refractivity contribution in [3.05, 3.63) is 47.0 Å². The van der Waals surface area contributed by atoms with Crippen molar-refractivity contribution in [1.29, 1.82) is 0 Å². The maximum Gasteiger partial charge on any atom is 0.337 e. The molecule has 30 heavy (non-hydrogen) atoms. The predicted octanol–water partition coefficient (Wildman–Crippen LogP) is 7.39. The van der Waals surface area contributed by atoms with Crippen LogP contribution in [0.3, 0.4) is 0 Å². The summed E-state index contributed by atoms with van der Waals surface area (Å²) < 4.78 is 34.7. The minimum atomic E-state index is -0.848. The van der Waals surface area contributed by atoms with Crippen molar-refractivity contribution < 1.29 is 18.3 Å². The number of benzene rings is 2. The number of methoxy groups -OCH3 is 1. The second kappa shape index (κ2) is 9.03. The predicted molar refractivity (Wildman–Crippen MR) is 116 cm³/mol. The van der Waals surface area contributed by atoms with Gasteiger partial charge >= 0.3 is 5.97 Å². The van der Waals surface area contributed by atoms with Crippen molar-refractivity contribution in [1.82, 2.24) is 0 Å². The molecule has 4 rings (SSSR count). The van der Waals surface area contributed by atoms with Gasteiger partial charge in [0.1, 0.15) is 0 Å². The molecule has 2 aliphatic rings. The Morgan fingerprint density at radius 3 is 2.57 bits per heavy atom. The first kappa shape index (κ1) is 21.3. The number of fused-ring (bicyclic) bond motifs is 2. The molecule has 2 aromatic carbocycles. The Balaban J connectivity index is 1.54. The number of esters is 1. The standard InChI is InChI=1S/C26H32F2O2/c1-3-4-5-16-6-7-18-13-19(9-8-17(18)12-16)22-14-20-10-11-21(26(29)30-2)15-23(20)25(28)24(22)27/h10-11,14-19H,3-9,12-13H2,1-2H3. The summed E-state index contributed by atoms with van der Waals surface area (Å²) in [5.74, 6) is 0.199. The molecule has 4 unspecified atom stereocenters. The van der Waals surface area contributed by atoms with Gasteiger partial charge in [-0.1, -0.05) is 38.7 Å². The molecule has 2 aliphatic carbocycles. The Bertz CT molecular complexity index is 923. The van der Waals surface area contributed by atoms with Crippen LogP contribution in [-0.4, -0.2) is 13.1 Å². The maximum absolute atomic E-state index is 15.1. The number of hydrogen-bond donors (Lipinski definition) is 0. The zero-order chi connectivity index (χ0) is 21.3. The molecule has 0 radical (unpaired) electrons. The monoisotopic (exact) mass is 414 g/mol. The van der Waals surface area contributed by atoms with E-state index in [4.69, 9.17) is 4.74 Å². The van der Waals surface area contributed by atoms with E-state index in [1.54, 1.807) is 18.2 Å². The van der Waals surface area contributed by atoms with Crippen molar-refractivity contribution in [3.63, 3.8) is 0 Å². The SMILES string of the molecule is CCCCC1CCC2CC(c3cc4ccc(C(=O)OC)cc4c(F)c3F)CCC2C1. The molecule has 2 aromatic rings. The van der Waals surface area contributed by atoms with Crippen LogP contribution in [0.1, 0.15) is 86.6 Å². The maximum atomic E-state index is 15.1. The summed E-state index contributed by atoms with van der Waals surface area (Å²) in [7, 11) is 1.28. The number of rotatable bonds is 5. The zero-order valence-electron chi connectivity index (χ0n) is 18.1. The average Bonchev–Trinajstić information content (AvgIpc) is 2.78. The van der Waals surface area contributed by atoms with Gasteiger partial charge in [-0.25, -0.2) is 13.6 Å². The molecule has 0 spiro atoms. The summed E-state index contributed by atoms with van der Waals surface area (Å²) in [6.45, 7) is 2.25. The number of carbonyl (C=O) groups excluding carboxylic acids is 1. The minimum absolute atomic E-state index is 0.0811. The number of hydrogen-bond acceptors (Lipinski definition) is 2. The minimum Gasteiger partial charge on any atom is -0.465 e. The van der Waals surface area contributed by atoms with E-state index >= 15 is 4.39 Å². The van der Waals surface area contributed by atoms with Gasteiger partial charge in [0.05, 0.1) is 12.7 Å². The van der Waals surface area contributed by atoms with Gasteiger partial charge in [0, 0.05) is 5.39 Å². The number of carbonyl (C=O) groups is 1. The summed E-state index contributed by atoms with van der Waals surface area (Å²) in [6.07, 6.45) is 10.8. The third kappa shape index (κ3) is 4.10. The van der Waals surface area contributed by atoms with Gasteiger partial charge in [0.15, 0.2) is 11.6 Å². The third-order valence-corrected chi connectivity index (χ3v) is 7.60. The summed E-state index contributed by atoms with van der Waals surface area (Å²) in [5.41, 5.74) is 0.744. The summed E-state index contributed by atoms with van der Waals surface area (Å²) >= 11 is 0. The van der Waals surface area contributed by atoms with Gasteiger partial charge in [-0.05, 0) is 84.9 Å². The molecule has 0 N–H and O–H groups in total. The van der Waals surface area contributed by atoms with Crippen LogP contribution in [-0.2, 0) is 4.74 Å². The molecule has 0 saturated heterocycles. The summed E-state index contributed by atoms with van der Waals surface area (Å²) in [5, 5.41) is 0.784. The fourth-order valence-electron chi connectivity index (χ4n) is 5.91. The van der Waals surface area contributed by atoms with Gasteiger partial charge in [0.25, 0.3) is 0 Å². The molecule has 2 saturated carbocycles. The molecule has 0 aliphatic heterocycles. The van der Waals surface area contributed by atoms with Crippen molar-refractivity contribution in [3.8, 4) is 0 Å². The molecule has 2 nitrogen and oxygen atoms in total. The van der Waals surface area contributed by atoms with Crippen LogP contribution >= 0.6 is 0 Å². The molecular formula is C26H32F2O2. The van der Waals surface area contributed by atoms with E-state index in [0.29, 0.717) is 16.9 Å². The average molecular weight is 415 g/mol. The highest BCUT2D eigenvalue weighted by Gasteiger charge is 2.37. The highest BCUT2D eigenvalue weighted by molar-refractivity contribution is 5.95. The Morgan fingerprint density at radius 2 is 1.80 bits per heavy atom. The molecule has 4 heteroatoms. The van der Waals surface area contributed by atoms with E-state index in [1.165, 1.54) is 51.7 Å². The van der Waals surface area contributed by atoms with Crippen molar-refractivity contribution in [2.45, 2.75) is 70.6 Å². The van der Waals surface area contributed by atoms with E-state index in [-0.39, 0.29) is 16.9 Å². The lowest BCUT2D eigenvalue weighted by molar-refractivity contribution is 0.0601. The van der Waals surface area contributed by atoms with E-state index in [2.05, 4.69) is 6.92 Å². The molecule has 2 fully saturated rings. The van der Waals surface area contributed by atoms with Crippen molar-refractivity contribution in [2.24, 2.45) is 17.8 Å². The van der Waals surface area contributed by atoms with Crippen LogP contribution in [0.15, 0.2) is 24.3 Å². The summed E-state index contributed by atoms with van der Waals surface area (Å²) in [4.78, 5) is 11.7.